The lowest BCUT2D eigenvalue weighted by Gasteiger charge is -2.26. The zero-order chi connectivity index (χ0) is 23.1. The summed E-state index contributed by atoms with van der Waals surface area (Å²) < 4.78 is 39.0. The van der Waals surface area contributed by atoms with Gasteiger partial charge in [0.25, 0.3) is 0 Å². The Labute approximate surface area is 189 Å². The Balaban J connectivity index is 1.49. The third-order valence-electron chi connectivity index (χ3n) is 5.30. The van der Waals surface area contributed by atoms with Crippen molar-refractivity contribution in [2.75, 3.05) is 28.7 Å². The third kappa shape index (κ3) is 6.50. The molecule has 1 fully saturated rings. The van der Waals surface area contributed by atoms with E-state index < -0.39 is 11.7 Å². The van der Waals surface area contributed by atoms with Gasteiger partial charge in [0, 0.05) is 44.2 Å². The topological polar surface area (TPSA) is 90.7 Å². The maximum Gasteiger partial charge on any atom is 0.416 e. The minimum Gasteiger partial charge on any atom is -0.350 e. The first-order chi connectivity index (χ1) is 16.0. The third-order valence-corrected chi connectivity index (χ3v) is 5.30. The van der Waals surface area contributed by atoms with Crippen LogP contribution in [0.25, 0.3) is 0 Å². The van der Waals surface area contributed by atoms with E-state index in [0.717, 1.165) is 50.9 Å². The first-order valence-corrected chi connectivity index (χ1v) is 10.9. The summed E-state index contributed by atoms with van der Waals surface area (Å²) in [6.45, 7) is 1.82. The molecule has 8 nitrogen and oxygen atoms in total. The number of hydrogen-bond donors (Lipinski definition) is 2. The Morgan fingerprint density at radius 1 is 1.09 bits per heavy atom. The van der Waals surface area contributed by atoms with Crippen LogP contribution in [0, 0.1) is 5.92 Å². The summed E-state index contributed by atoms with van der Waals surface area (Å²) in [6.07, 6.45) is 6.89. The fraction of sp³-hybridized carbons (Fsp3) is 0.409. The van der Waals surface area contributed by atoms with Gasteiger partial charge in [-0.2, -0.15) is 33.2 Å². The van der Waals surface area contributed by atoms with Crippen LogP contribution in [-0.4, -0.2) is 40.5 Å². The standard InChI is InChI=1S/C22H25F3N8/c23-22(24,25)18-6-4-5-17(13-18)14-27-19-29-20(32-28-15-16-7-9-26-10-8-16)31-21(30-19)33-11-2-1-3-12-33/h4-7,9-10,13,15-16H,1-3,8,11-12,14H2,(H2,27,29,30,31,32)/b28-15+. The van der Waals surface area contributed by atoms with Crippen molar-refractivity contribution in [2.24, 2.45) is 16.0 Å². The smallest absolute Gasteiger partial charge is 0.350 e. The summed E-state index contributed by atoms with van der Waals surface area (Å²) >= 11 is 0. The van der Waals surface area contributed by atoms with Crippen LogP contribution >= 0.6 is 0 Å². The monoisotopic (exact) mass is 458 g/mol. The number of aliphatic imine (C=N–C) groups is 1. The van der Waals surface area contributed by atoms with Crippen LogP contribution in [0.2, 0.25) is 0 Å². The maximum atomic E-state index is 13.0. The number of halogens is 3. The van der Waals surface area contributed by atoms with Crippen molar-refractivity contribution in [2.45, 2.75) is 38.4 Å². The normalized spacial score (nSPS) is 18.6. The predicted octanol–water partition coefficient (Wildman–Crippen LogP) is 4.49. The molecular formula is C22H25F3N8. The molecule has 2 N–H and O–H groups in total. The lowest BCUT2D eigenvalue weighted by molar-refractivity contribution is -0.137. The van der Waals surface area contributed by atoms with Gasteiger partial charge in [-0.05, 0) is 43.4 Å². The van der Waals surface area contributed by atoms with Crippen LogP contribution in [0.15, 0.2) is 46.6 Å². The molecule has 0 spiro atoms. The fourth-order valence-electron chi connectivity index (χ4n) is 3.55. The molecule has 1 atom stereocenters. The Bertz CT molecular complexity index is 1030. The Kier molecular flexibility index (Phi) is 7.16. The maximum absolute atomic E-state index is 13.0. The molecule has 11 heteroatoms. The highest BCUT2D eigenvalue weighted by molar-refractivity contribution is 5.72. The number of anilines is 3. The molecule has 2 aliphatic rings. The summed E-state index contributed by atoms with van der Waals surface area (Å²) in [5, 5.41) is 7.26. The lowest BCUT2D eigenvalue weighted by atomic mass is 10.1. The molecule has 33 heavy (non-hydrogen) atoms. The molecule has 174 valence electrons. The first-order valence-electron chi connectivity index (χ1n) is 10.9. The van der Waals surface area contributed by atoms with Gasteiger partial charge in [0.05, 0.1) is 5.56 Å². The van der Waals surface area contributed by atoms with Gasteiger partial charge in [-0.3, -0.25) is 4.99 Å². The predicted molar refractivity (Wildman–Crippen MR) is 123 cm³/mol. The van der Waals surface area contributed by atoms with Crippen molar-refractivity contribution in [1.29, 1.82) is 0 Å². The second-order valence-corrected chi connectivity index (χ2v) is 7.84. The zero-order valence-corrected chi connectivity index (χ0v) is 18.0. The highest BCUT2D eigenvalue weighted by Crippen LogP contribution is 2.29. The Morgan fingerprint density at radius 3 is 2.67 bits per heavy atom. The van der Waals surface area contributed by atoms with E-state index in [1.807, 2.05) is 12.3 Å². The SMILES string of the molecule is FC(F)(F)c1cccc(CNc2nc(N/N=C/C3C=CN=CC3)nc(N3CCCCC3)n2)c1. The van der Waals surface area contributed by atoms with Gasteiger partial charge in [-0.15, -0.1) is 0 Å². The van der Waals surface area contributed by atoms with E-state index >= 15 is 0 Å². The molecule has 0 aliphatic carbocycles. The van der Waals surface area contributed by atoms with Crippen LogP contribution in [0.1, 0.15) is 36.8 Å². The van der Waals surface area contributed by atoms with Gasteiger partial charge in [0.1, 0.15) is 0 Å². The van der Waals surface area contributed by atoms with Crippen LogP contribution in [0.5, 0.6) is 0 Å². The van der Waals surface area contributed by atoms with Crippen molar-refractivity contribution in [3.8, 4) is 0 Å². The zero-order valence-electron chi connectivity index (χ0n) is 18.0. The number of allylic oxidation sites excluding steroid dienone is 1. The van der Waals surface area contributed by atoms with Crippen LogP contribution in [0.4, 0.5) is 31.0 Å². The van der Waals surface area contributed by atoms with E-state index in [0.29, 0.717) is 11.5 Å². The molecule has 1 unspecified atom stereocenters. The number of benzene rings is 1. The van der Waals surface area contributed by atoms with Crippen molar-refractivity contribution in [3.63, 3.8) is 0 Å². The summed E-state index contributed by atoms with van der Waals surface area (Å²) in [5.74, 6) is 1.18. The molecule has 1 saturated heterocycles. The molecule has 0 radical (unpaired) electrons. The number of nitrogens with one attached hydrogen (secondary N) is 2. The van der Waals surface area contributed by atoms with Gasteiger partial charge in [-0.1, -0.05) is 18.2 Å². The number of alkyl halides is 3. The number of nitrogens with zero attached hydrogens (tertiary/aromatic N) is 6. The number of hydrazone groups is 1. The number of piperidine rings is 1. The Morgan fingerprint density at radius 2 is 1.91 bits per heavy atom. The average molecular weight is 458 g/mol. The molecule has 4 rings (SSSR count). The highest BCUT2D eigenvalue weighted by Gasteiger charge is 2.30. The van der Waals surface area contributed by atoms with E-state index in [1.54, 1.807) is 18.5 Å². The minimum atomic E-state index is -4.39. The second kappa shape index (κ2) is 10.4. The summed E-state index contributed by atoms with van der Waals surface area (Å²) in [6, 6.07) is 5.18. The second-order valence-electron chi connectivity index (χ2n) is 7.84. The minimum absolute atomic E-state index is 0.136. The van der Waals surface area contributed by atoms with Gasteiger partial charge in [-0.25, -0.2) is 5.43 Å². The Hall–Kier alpha value is -3.50. The first kappa shape index (κ1) is 22.7. The molecule has 1 aromatic heterocycles. The van der Waals surface area contributed by atoms with E-state index in [-0.39, 0.29) is 24.4 Å². The van der Waals surface area contributed by atoms with Crippen molar-refractivity contribution in [3.05, 3.63) is 47.7 Å². The number of hydrogen-bond acceptors (Lipinski definition) is 8. The number of rotatable bonds is 7. The van der Waals surface area contributed by atoms with Crippen LogP contribution < -0.4 is 15.6 Å². The van der Waals surface area contributed by atoms with Crippen LogP contribution in [0.3, 0.4) is 0 Å². The molecule has 2 aromatic rings. The van der Waals surface area contributed by atoms with Crippen molar-refractivity contribution < 1.29 is 13.2 Å². The molecule has 3 heterocycles. The molecule has 0 amide bonds. The van der Waals surface area contributed by atoms with E-state index in [9.17, 15) is 13.2 Å². The molecule has 0 bridgehead atoms. The van der Waals surface area contributed by atoms with Crippen molar-refractivity contribution >= 4 is 30.3 Å². The van der Waals surface area contributed by atoms with Gasteiger partial charge >= 0.3 is 6.18 Å². The highest BCUT2D eigenvalue weighted by atomic mass is 19.4. The fourth-order valence-corrected chi connectivity index (χ4v) is 3.55. The lowest BCUT2D eigenvalue weighted by Crippen LogP contribution is -2.31. The van der Waals surface area contributed by atoms with E-state index in [2.05, 4.69) is 40.7 Å². The number of aromatic nitrogens is 3. The van der Waals surface area contributed by atoms with Gasteiger partial charge in [0.2, 0.25) is 17.8 Å². The van der Waals surface area contributed by atoms with Crippen molar-refractivity contribution in [1.82, 2.24) is 15.0 Å². The largest absolute Gasteiger partial charge is 0.416 e. The quantitative estimate of drug-likeness (QED) is 0.469. The summed E-state index contributed by atoms with van der Waals surface area (Å²) in [7, 11) is 0. The average Bonchev–Trinajstić information content (AvgIpc) is 2.84. The summed E-state index contributed by atoms with van der Waals surface area (Å²) in [5.41, 5.74) is 2.64. The summed E-state index contributed by atoms with van der Waals surface area (Å²) in [4.78, 5) is 19.4. The molecule has 0 saturated carbocycles. The molecule has 2 aliphatic heterocycles. The van der Waals surface area contributed by atoms with Crippen LogP contribution in [-0.2, 0) is 12.7 Å². The van der Waals surface area contributed by atoms with E-state index in [1.165, 1.54) is 6.07 Å². The van der Waals surface area contributed by atoms with Gasteiger partial charge < -0.3 is 10.2 Å². The van der Waals surface area contributed by atoms with Gasteiger partial charge in [0.15, 0.2) is 0 Å². The molecule has 1 aromatic carbocycles. The molecular weight excluding hydrogens is 433 g/mol. The van der Waals surface area contributed by atoms with E-state index in [4.69, 9.17) is 0 Å².